The molecule has 0 aliphatic rings. The first-order valence-corrected chi connectivity index (χ1v) is 6.21. The van der Waals surface area contributed by atoms with Gasteiger partial charge in [0.25, 0.3) is 0 Å². The minimum Gasteiger partial charge on any atom is -0.429 e. The van der Waals surface area contributed by atoms with E-state index in [2.05, 4.69) is 32.1 Å². The molecule has 0 N–H and O–H groups in total. The van der Waals surface area contributed by atoms with E-state index in [1.54, 1.807) is 0 Å². The molecule has 0 heterocycles. The summed E-state index contributed by atoms with van der Waals surface area (Å²) in [6.45, 7) is 0.133. The predicted molar refractivity (Wildman–Crippen MR) is 67.3 cm³/mol. The third-order valence-electron chi connectivity index (χ3n) is 1.90. The van der Waals surface area contributed by atoms with Crippen molar-refractivity contribution in [2.45, 2.75) is 11.0 Å². The van der Waals surface area contributed by atoms with Gasteiger partial charge in [-0.1, -0.05) is 46.9 Å². The van der Waals surface area contributed by atoms with Crippen LogP contribution in [-0.2, 0) is 25.2 Å². The Kier molecular flexibility index (Phi) is 6.17. The number of hydrogen-bond donors (Lipinski definition) is 0. The van der Waals surface area contributed by atoms with Crippen molar-refractivity contribution in [2.24, 2.45) is 0 Å². The largest absolute Gasteiger partial charge is 0.510 e. The van der Waals surface area contributed by atoms with Gasteiger partial charge in [-0.2, -0.15) is 0 Å². The van der Waals surface area contributed by atoms with Crippen molar-refractivity contribution in [3.05, 3.63) is 35.4 Å². The molecule has 0 radical (unpaired) electrons. The minimum atomic E-state index is -0.717. The van der Waals surface area contributed by atoms with E-state index in [4.69, 9.17) is 4.74 Å². The Labute approximate surface area is 108 Å². The van der Waals surface area contributed by atoms with Crippen molar-refractivity contribution in [1.82, 2.24) is 0 Å². The first-order valence-electron chi connectivity index (χ1n) is 4.69. The van der Waals surface area contributed by atoms with Crippen LogP contribution in [0.2, 0.25) is 0 Å². The number of rotatable bonds is 5. The molecule has 0 aliphatic heterocycles. The number of hydrogen-bond acceptors (Lipinski definition) is 4. The molecule has 0 saturated carbocycles. The molecule has 0 spiro atoms. The molecule has 88 valence electrons. The third kappa shape index (κ3) is 4.36. The van der Waals surface area contributed by atoms with Crippen molar-refractivity contribution in [1.29, 1.82) is 0 Å². The second-order valence-electron chi connectivity index (χ2n) is 2.99. The summed E-state index contributed by atoms with van der Waals surface area (Å²) >= 11 is 2.27. The first kappa shape index (κ1) is 13.2. The maximum absolute atomic E-state index is 11.0. The molecular weight excluding hydrogens is 323 g/mol. The second-order valence-corrected chi connectivity index (χ2v) is 3.75. The van der Waals surface area contributed by atoms with Gasteiger partial charge in [0.15, 0.2) is 6.79 Å². The lowest BCUT2D eigenvalue weighted by Gasteiger charge is -2.08. The molecule has 16 heavy (non-hydrogen) atoms. The van der Waals surface area contributed by atoms with Crippen LogP contribution < -0.4 is 0 Å². The summed E-state index contributed by atoms with van der Waals surface area (Å²) in [5.41, 5.74) is 2.15. The van der Waals surface area contributed by atoms with E-state index >= 15 is 0 Å². The summed E-state index contributed by atoms with van der Waals surface area (Å²) in [6.07, 6.45) is -0.717. The summed E-state index contributed by atoms with van der Waals surface area (Å²) in [6, 6.07) is 7.80. The molecule has 0 saturated heterocycles. The smallest absolute Gasteiger partial charge is 0.429 e. The lowest BCUT2D eigenvalue weighted by Crippen LogP contribution is -2.09. The average Bonchev–Trinajstić information content (AvgIpc) is 2.34. The van der Waals surface area contributed by atoms with E-state index in [-0.39, 0.29) is 13.4 Å². The summed E-state index contributed by atoms with van der Waals surface area (Å²) in [5, 5.41) is 0. The van der Waals surface area contributed by atoms with Crippen molar-refractivity contribution in [2.75, 3.05) is 13.9 Å². The van der Waals surface area contributed by atoms with Gasteiger partial charge in [0, 0.05) is 11.5 Å². The number of carbonyl (C=O) groups excluding carboxylic acids is 1. The summed E-state index contributed by atoms with van der Waals surface area (Å²) < 4.78 is 15.0. The van der Waals surface area contributed by atoms with Crippen LogP contribution in [-0.4, -0.2) is 20.1 Å². The van der Waals surface area contributed by atoms with E-state index in [9.17, 15) is 4.79 Å². The highest BCUT2D eigenvalue weighted by Gasteiger charge is 2.06. The van der Waals surface area contributed by atoms with Crippen LogP contribution in [0.1, 0.15) is 11.1 Å². The van der Waals surface area contributed by atoms with Gasteiger partial charge in [-0.3, -0.25) is 0 Å². The minimum absolute atomic E-state index is 0.0905. The zero-order valence-corrected chi connectivity index (χ0v) is 11.1. The zero-order valence-electron chi connectivity index (χ0n) is 8.94. The SMILES string of the molecule is COCOC(=O)OCc1ccccc1CI. The van der Waals surface area contributed by atoms with Crippen LogP contribution in [0.5, 0.6) is 0 Å². The third-order valence-corrected chi connectivity index (χ3v) is 2.72. The highest BCUT2D eigenvalue weighted by atomic mass is 127. The lowest BCUT2D eigenvalue weighted by molar-refractivity contribution is -0.0287. The number of benzene rings is 1. The number of carbonyl (C=O) groups is 1. The van der Waals surface area contributed by atoms with Gasteiger partial charge in [0.1, 0.15) is 6.61 Å². The van der Waals surface area contributed by atoms with Gasteiger partial charge in [-0.15, -0.1) is 0 Å². The fraction of sp³-hybridized carbons (Fsp3) is 0.364. The van der Waals surface area contributed by atoms with Crippen LogP contribution in [0.3, 0.4) is 0 Å². The highest BCUT2D eigenvalue weighted by Crippen LogP contribution is 2.13. The average molecular weight is 336 g/mol. The molecule has 1 aromatic rings. The van der Waals surface area contributed by atoms with E-state index < -0.39 is 6.16 Å². The van der Waals surface area contributed by atoms with E-state index in [0.717, 1.165) is 15.6 Å². The Bertz CT molecular complexity index is 341. The van der Waals surface area contributed by atoms with Gasteiger partial charge in [-0.05, 0) is 11.1 Å². The van der Waals surface area contributed by atoms with Crippen LogP contribution in [0.4, 0.5) is 4.79 Å². The maximum atomic E-state index is 11.0. The molecule has 0 bridgehead atoms. The topological polar surface area (TPSA) is 44.8 Å². The van der Waals surface area contributed by atoms with Crippen molar-refractivity contribution >= 4 is 28.7 Å². The standard InChI is InChI=1S/C11H13IO4/c1-14-8-16-11(13)15-7-10-5-3-2-4-9(10)6-12/h2-5H,6-8H2,1H3. The molecule has 4 nitrogen and oxygen atoms in total. The molecule has 0 aliphatic carbocycles. The Morgan fingerprint density at radius 1 is 1.25 bits per heavy atom. The molecule has 1 rings (SSSR count). The van der Waals surface area contributed by atoms with Crippen molar-refractivity contribution < 1.29 is 19.0 Å². The molecule has 1 aromatic carbocycles. The zero-order chi connectivity index (χ0) is 11.8. The first-order chi connectivity index (χ1) is 7.77. The van der Waals surface area contributed by atoms with E-state index in [1.165, 1.54) is 7.11 Å². The van der Waals surface area contributed by atoms with Gasteiger partial charge in [0.05, 0.1) is 0 Å². The van der Waals surface area contributed by atoms with Gasteiger partial charge < -0.3 is 14.2 Å². The number of ether oxygens (including phenoxy) is 3. The van der Waals surface area contributed by atoms with Crippen LogP contribution >= 0.6 is 22.6 Å². The van der Waals surface area contributed by atoms with Gasteiger partial charge in [0.2, 0.25) is 0 Å². The summed E-state index contributed by atoms with van der Waals surface area (Å²) in [4.78, 5) is 11.0. The monoisotopic (exact) mass is 336 g/mol. The fourth-order valence-corrected chi connectivity index (χ4v) is 1.86. The van der Waals surface area contributed by atoms with Gasteiger partial charge in [-0.25, -0.2) is 4.79 Å². The molecule has 5 heteroatoms. The number of halogens is 1. The predicted octanol–water partition coefficient (Wildman–Crippen LogP) is 2.88. The van der Waals surface area contributed by atoms with Crippen LogP contribution in [0.15, 0.2) is 24.3 Å². The van der Waals surface area contributed by atoms with E-state index in [0.29, 0.717) is 0 Å². The molecule has 0 aromatic heterocycles. The van der Waals surface area contributed by atoms with Crippen LogP contribution in [0, 0.1) is 0 Å². The number of alkyl halides is 1. The lowest BCUT2D eigenvalue weighted by atomic mass is 10.1. The fourth-order valence-electron chi connectivity index (χ4n) is 1.11. The molecular formula is C11H13IO4. The molecule has 0 unspecified atom stereocenters. The normalized spacial score (nSPS) is 9.88. The Hall–Kier alpha value is -0.820. The quantitative estimate of drug-likeness (QED) is 0.359. The van der Waals surface area contributed by atoms with Crippen molar-refractivity contribution in [3.63, 3.8) is 0 Å². The van der Waals surface area contributed by atoms with Gasteiger partial charge >= 0.3 is 6.16 Å². The highest BCUT2D eigenvalue weighted by molar-refractivity contribution is 14.1. The maximum Gasteiger partial charge on any atom is 0.510 e. The molecule has 0 atom stereocenters. The summed E-state index contributed by atoms with van der Waals surface area (Å²) in [7, 11) is 1.44. The van der Waals surface area contributed by atoms with Crippen molar-refractivity contribution in [3.8, 4) is 0 Å². The number of methoxy groups -OCH3 is 1. The Morgan fingerprint density at radius 3 is 2.56 bits per heavy atom. The molecule has 0 amide bonds. The van der Waals surface area contributed by atoms with E-state index in [1.807, 2.05) is 24.3 Å². The molecule has 0 fully saturated rings. The van der Waals surface area contributed by atoms with Crippen LogP contribution in [0.25, 0.3) is 0 Å². The Morgan fingerprint density at radius 2 is 1.94 bits per heavy atom. The Balaban J connectivity index is 2.44. The second kappa shape index (κ2) is 7.45. The summed E-state index contributed by atoms with van der Waals surface area (Å²) in [5.74, 6) is 0.